The molecule has 0 bridgehead atoms. The molecule has 0 saturated carbocycles. The lowest BCUT2D eigenvalue weighted by molar-refractivity contribution is -0.120. The molecule has 0 fully saturated rings. The minimum Gasteiger partial charge on any atom is -0.345 e. The highest BCUT2D eigenvalue weighted by molar-refractivity contribution is 5.95. The van der Waals surface area contributed by atoms with Gasteiger partial charge < -0.3 is 9.78 Å². The Labute approximate surface area is 95.8 Å². The molecule has 0 aliphatic rings. The average molecular weight is 222 g/mol. The first-order valence-corrected chi connectivity index (χ1v) is 5.38. The number of nitrogens with zero attached hydrogens (tertiary/aromatic N) is 1. The topological polar surface area (TPSA) is 62.8 Å². The van der Waals surface area contributed by atoms with E-state index in [0.29, 0.717) is 12.2 Å². The fourth-order valence-corrected chi connectivity index (χ4v) is 0.923. The number of hydrogen-bond acceptors (Lipinski definition) is 3. The summed E-state index contributed by atoms with van der Waals surface area (Å²) in [5, 5.41) is 0. The fourth-order valence-electron chi connectivity index (χ4n) is 0.923. The largest absolute Gasteiger partial charge is 0.345 e. The zero-order chi connectivity index (χ0) is 12.4. The summed E-state index contributed by atoms with van der Waals surface area (Å²) in [7, 11) is 0. The Morgan fingerprint density at radius 1 is 1.38 bits per heavy atom. The highest BCUT2D eigenvalue weighted by atomic mass is 16.1. The molecule has 0 atom stereocenters. The number of nitrogens with one attached hydrogen (secondary N) is 1. The highest BCUT2D eigenvalue weighted by Crippen LogP contribution is 1.97. The van der Waals surface area contributed by atoms with Gasteiger partial charge in [-0.25, -0.2) is 4.98 Å². The Balaban J connectivity index is 0.00000106. The van der Waals surface area contributed by atoms with Crippen LogP contribution in [0.25, 0.3) is 6.08 Å². The lowest BCUT2D eigenvalue weighted by Crippen LogP contribution is -1.97. The molecule has 0 spiro atoms. The maximum absolute atomic E-state index is 11.2. The Kier molecular flexibility index (Phi) is 7.67. The molecule has 88 valence electrons. The Morgan fingerprint density at radius 2 is 2.06 bits per heavy atom. The van der Waals surface area contributed by atoms with Crippen molar-refractivity contribution in [2.45, 2.75) is 33.6 Å². The number of hydrogen-bond donors (Lipinski definition) is 1. The smallest absolute Gasteiger partial charge is 0.156 e. The molecule has 0 amide bonds. The molecule has 0 unspecified atom stereocenters. The quantitative estimate of drug-likeness (QED) is 0.778. The SMILES string of the molecule is CC.CC(=O)CCC(=O)/C=C/c1ncc[nH]1. The summed E-state index contributed by atoms with van der Waals surface area (Å²) in [5.41, 5.74) is 0. The lowest BCUT2D eigenvalue weighted by atomic mass is 10.1. The van der Waals surface area contributed by atoms with E-state index in [4.69, 9.17) is 0 Å². The average Bonchev–Trinajstić information content (AvgIpc) is 2.79. The molecule has 0 radical (unpaired) electrons. The fraction of sp³-hybridized carbons (Fsp3) is 0.417. The van der Waals surface area contributed by atoms with Crippen LogP contribution in [0.5, 0.6) is 0 Å². The molecule has 1 heterocycles. The zero-order valence-corrected chi connectivity index (χ0v) is 9.99. The van der Waals surface area contributed by atoms with Crippen molar-refractivity contribution < 1.29 is 9.59 Å². The zero-order valence-electron chi connectivity index (χ0n) is 9.99. The van der Waals surface area contributed by atoms with Gasteiger partial charge in [-0.15, -0.1) is 0 Å². The van der Waals surface area contributed by atoms with Crippen molar-refractivity contribution in [2.75, 3.05) is 0 Å². The molecule has 4 heteroatoms. The van der Waals surface area contributed by atoms with Gasteiger partial charge in [-0.1, -0.05) is 13.8 Å². The standard InChI is InChI=1S/C10H12N2O2.C2H6/c1-8(13)2-3-9(14)4-5-10-11-6-7-12-10;1-2/h4-7H,2-3H2,1H3,(H,11,12);1-2H3/b5-4+;. The minimum absolute atomic E-state index is 0.0322. The van der Waals surface area contributed by atoms with E-state index in [1.165, 1.54) is 13.0 Å². The number of Topliss-reactive ketones (excluding diaryl/α,β-unsaturated/α-hetero) is 1. The van der Waals surface area contributed by atoms with E-state index in [2.05, 4.69) is 9.97 Å². The van der Waals surface area contributed by atoms with E-state index in [0.717, 1.165) is 0 Å². The Hall–Kier alpha value is -1.71. The summed E-state index contributed by atoms with van der Waals surface area (Å²) in [4.78, 5) is 28.5. The van der Waals surface area contributed by atoms with Crippen molar-refractivity contribution in [3.05, 3.63) is 24.3 Å². The molecule has 0 aromatic carbocycles. The third kappa shape index (κ3) is 6.70. The summed E-state index contributed by atoms with van der Waals surface area (Å²) < 4.78 is 0. The van der Waals surface area contributed by atoms with Crippen LogP contribution in [-0.2, 0) is 9.59 Å². The number of rotatable bonds is 5. The molecule has 4 nitrogen and oxygen atoms in total. The van der Waals surface area contributed by atoms with E-state index in [1.54, 1.807) is 18.5 Å². The molecule has 1 aromatic rings. The van der Waals surface area contributed by atoms with E-state index >= 15 is 0 Å². The van der Waals surface area contributed by atoms with Crippen LogP contribution in [0.15, 0.2) is 18.5 Å². The molecular weight excluding hydrogens is 204 g/mol. The summed E-state index contributed by atoms with van der Waals surface area (Å²) in [6, 6.07) is 0. The van der Waals surface area contributed by atoms with Gasteiger partial charge >= 0.3 is 0 Å². The molecule has 1 aromatic heterocycles. The molecule has 0 saturated heterocycles. The van der Waals surface area contributed by atoms with Crippen molar-refractivity contribution >= 4 is 17.6 Å². The van der Waals surface area contributed by atoms with Gasteiger partial charge in [0.25, 0.3) is 0 Å². The molecule has 1 N–H and O–H groups in total. The van der Waals surface area contributed by atoms with Gasteiger partial charge in [-0.05, 0) is 19.1 Å². The monoisotopic (exact) mass is 222 g/mol. The molecule has 16 heavy (non-hydrogen) atoms. The van der Waals surface area contributed by atoms with Crippen LogP contribution in [0.1, 0.15) is 39.4 Å². The first-order valence-electron chi connectivity index (χ1n) is 5.38. The van der Waals surface area contributed by atoms with Gasteiger partial charge in [-0.3, -0.25) is 4.79 Å². The number of carbonyl (C=O) groups excluding carboxylic acids is 2. The third-order valence-electron chi connectivity index (χ3n) is 1.67. The number of ketones is 2. The normalized spacial score (nSPS) is 9.69. The van der Waals surface area contributed by atoms with Crippen LogP contribution >= 0.6 is 0 Å². The third-order valence-corrected chi connectivity index (χ3v) is 1.67. The van der Waals surface area contributed by atoms with E-state index < -0.39 is 0 Å². The van der Waals surface area contributed by atoms with Crippen LogP contribution in [0.3, 0.4) is 0 Å². The van der Waals surface area contributed by atoms with E-state index in [1.807, 2.05) is 13.8 Å². The second-order valence-electron chi connectivity index (χ2n) is 2.98. The van der Waals surface area contributed by atoms with Crippen molar-refractivity contribution in [1.82, 2.24) is 9.97 Å². The van der Waals surface area contributed by atoms with Crippen molar-refractivity contribution in [3.8, 4) is 0 Å². The van der Waals surface area contributed by atoms with Crippen molar-refractivity contribution in [2.24, 2.45) is 0 Å². The van der Waals surface area contributed by atoms with Gasteiger partial charge in [0.1, 0.15) is 11.6 Å². The van der Waals surface area contributed by atoms with Gasteiger partial charge in [-0.2, -0.15) is 0 Å². The van der Waals surface area contributed by atoms with Crippen LogP contribution in [0.2, 0.25) is 0 Å². The van der Waals surface area contributed by atoms with Gasteiger partial charge in [0.05, 0.1) is 0 Å². The molecular formula is C12H18N2O2. The van der Waals surface area contributed by atoms with E-state index in [9.17, 15) is 9.59 Å². The van der Waals surface area contributed by atoms with Gasteiger partial charge in [0.15, 0.2) is 5.78 Å². The Bertz CT molecular complexity index is 340. The predicted molar refractivity (Wildman–Crippen MR) is 63.9 cm³/mol. The molecule has 0 aliphatic carbocycles. The van der Waals surface area contributed by atoms with Crippen LogP contribution in [-0.4, -0.2) is 21.5 Å². The summed E-state index contributed by atoms with van der Waals surface area (Å²) >= 11 is 0. The first kappa shape index (κ1) is 14.3. The second-order valence-corrected chi connectivity index (χ2v) is 2.98. The molecule has 1 rings (SSSR count). The summed E-state index contributed by atoms with van der Waals surface area (Å²) in [5.74, 6) is 0.613. The van der Waals surface area contributed by atoms with Crippen LogP contribution in [0.4, 0.5) is 0 Å². The summed E-state index contributed by atoms with van der Waals surface area (Å²) in [6.07, 6.45) is 6.90. The second kappa shape index (κ2) is 8.59. The predicted octanol–water partition coefficient (Wildman–Crippen LogP) is 2.39. The van der Waals surface area contributed by atoms with Gasteiger partial charge in [0, 0.05) is 25.2 Å². The maximum Gasteiger partial charge on any atom is 0.156 e. The number of aromatic amines is 1. The minimum atomic E-state index is -0.0587. The Morgan fingerprint density at radius 3 is 2.56 bits per heavy atom. The number of imidazole rings is 1. The van der Waals surface area contributed by atoms with Crippen molar-refractivity contribution in [1.29, 1.82) is 0 Å². The van der Waals surface area contributed by atoms with Gasteiger partial charge in [0.2, 0.25) is 0 Å². The van der Waals surface area contributed by atoms with Crippen LogP contribution in [0, 0.1) is 0 Å². The highest BCUT2D eigenvalue weighted by Gasteiger charge is 1.99. The molecule has 0 aliphatic heterocycles. The number of allylic oxidation sites excluding steroid dienone is 1. The lowest BCUT2D eigenvalue weighted by Gasteiger charge is -1.90. The number of H-pyrrole nitrogens is 1. The number of carbonyl (C=O) groups is 2. The van der Waals surface area contributed by atoms with Crippen molar-refractivity contribution in [3.63, 3.8) is 0 Å². The van der Waals surface area contributed by atoms with E-state index in [-0.39, 0.29) is 18.0 Å². The van der Waals surface area contributed by atoms with Crippen LogP contribution < -0.4 is 0 Å². The number of aromatic nitrogens is 2. The maximum atomic E-state index is 11.2. The summed E-state index contributed by atoms with van der Waals surface area (Å²) in [6.45, 7) is 5.48. The first-order chi connectivity index (χ1) is 7.68.